The van der Waals surface area contributed by atoms with Gasteiger partial charge in [0.15, 0.2) is 0 Å². The summed E-state index contributed by atoms with van der Waals surface area (Å²) in [5, 5.41) is 0. The summed E-state index contributed by atoms with van der Waals surface area (Å²) in [5.41, 5.74) is 0.466. The summed E-state index contributed by atoms with van der Waals surface area (Å²) < 4.78 is 0. The van der Waals surface area contributed by atoms with Crippen LogP contribution in [0.5, 0.6) is 0 Å². The van der Waals surface area contributed by atoms with Crippen molar-refractivity contribution in [1.29, 1.82) is 0 Å². The van der Waals surface area contributed by atoms with Crippen LogP contribution in [0.1, 0.15) is 53.9 Å². The van der Waals surface area contributed by atoms with E-state index >= 15 is 0 Å². The van der Waals surface area contributed by atoms with Crippen LogP contribution in [0.25, 0.3) is 0 Å². The van der Waals surface area contributed by atoms with Gasteiger partial charge in [-0.25, -0.2) is 0 Å². The minimum absolute atomic E-state index is 0.466. The molecule has 0 aromatic carbocycles. The van der Waals surface area contributed by atoms with Crippen molar-refractivity contribution in [3.63, 3.8) is 0 Å². The highest BCUT2D eigenvalue weighted by Gasteiger charge is 2.33. The number of hydrogen-bond donors (Lipinski definition) is 0. The van der Waals surface area contributed by atoms with Gasteiger partial charge in [-0.2, -0.15) is 0 Å². The highest BCUT2D eigenvalue weighted by Crippen LogP contribution is 2.32. The second-order valence-corrected chi connectivity index (χ2v) is 6.24. The van der Waals surface area contributed by atoms with E-state index in [-0.39, 0.29) is 0 Å². The minimum Gasteiger partial charge on any atom is -0.300 e. The zero-order valence-electron chi connectivity index (χ0n) is 10.6. The Bertz CT molecular complexity index is 167. The third-order valence-corrected chi connectivity index (χ3v) is 3.36. The molecule has 84 valence electrons. The molecule has 0 aromatic rings. The van der Waals surface area contributed by atoms with Crippen LogP contribution in [0, 0.1) is 11.3 Å². The Labute approximate surface area is 89.9 Å². The lowest BCUT2D eigenvalue weighted by molar-refractivity contribution is 0.135. The quantitative estimate of drug-likeness (QED) is 0.669. The molecule has 0 unspecified atom stereocenters. The van der Waals surface area contributed by atoms with Crippen molar-refractivity contribution in [3.8, 4) is 0 Å². The lowest BCUT2D eigenvalue weighted by atomic mass is 9.85. The fourth-order valence-corrected chi connectivity index (χ4v) is 2.50. The van der Waals surface area contributed by atoms with Gasteiger partial charge in [0.25, 0.3) is 0 Å². The molecule has 1 nitrogen and oxygen atoms in total. The van der Waals surface area contributed by atoms with Crippen LogP contribution >= 0.6 is 0 Å². The Balaban J connectivity index is 2.43. The van der Waals surface area contributed by atoms with Crippen molar-refractivity contribution in [2.24, 2.45) is 11.3 Å². The van der Waals surface area contributed by atoms with E-state index in [1.807, 2.05) is 0 Å². The van der Waals surface area contributed by atoms with E-state index in [1.54, 1.807) is 0 Å². The molecule has 14 heavy (non-hydrogen) atoms. The minimum atomic E-state index is 0.466. The Kier molecular flexibility index (Phi) is 4.00. The van der Waals surface area contributed by atoms with Crippen molar-refractivity contribution in [2.75, 3.05) is 13.1 Å². The molecule has 1 heterocycles. The standard InChI is InChI=1S/C13H27N/c1-11(2)8-10-14-9-6-7-12(14)13(3,4)5/h11-12H,6-10H2,1-5H3/t12-/m0/s1. The topological polar surface area (TPSA) is 3.24 Å². The molecule has 0 bridgehead atoms. The van der Waals surface area contributed by atoms with Crippen LogP contribution in [0.15, 0.2) is 0 Å². The van der Waals surface area contributed by atoms with Crippen molar-refractivity contribution in [1.82, 2.24) is 4.90 Å². The van der Waals surface area contributed by atoms with Crippen LogP contribution in [-0.2, 0) is 0 Å². The zero-order chi connectivity index (χ0) is 10.8. The summed E-state index contributed by atoms with van der Waals surface area (Å²) in [7, 11) is 0. The molecule has 1 fully saturated rings. The lowest BCUT2D eigenvalue weighted by Crippen LogP contribution is -2.40. The van der Waals surface area contributed by atoms with Gasteiger partial charge in [0.2, 0.25) is 0 Å². The molecule has 0 radical (unpaired) electrons. The first-order chi connectivity index (χ1) is 6.41. The van der Waals surface area contributed by atoms with Crippen molar-refractivity contribution in [3.05, 3.63) is 0 Å². The Morgan fingerprint density at radius 1 is 1.29 bits per heavy atom. The molecule has 0 saturated carbocycles. The highest BCUT2D eigenvalue weighted by molar-refractivity contribution is 4.88. The smallest absolute Gasteiger partial charge is 0.0144 e. The molecule has 0 amide bonds. The van der Waals surface area contributed by atoms with Gasteiger partial charge in [-0.3, -0.25) is 4.90 Å². The van der Waals surface area contributed by atoms with Gasteiger partial charge in [-0.1, -0.05) is 34.6 Å². The Morgan fingerprint density at radius 2 is 1.93 bits per heavy atom. The van der Waals surface area contributed by atoms with E-state index in [0.29, 0.717) is 5.41 Å². The molecule has 0 aliphatic carbocycles. The van der Waals surface area contributed by atoms with Gasteiger partial charge in [-0.05, 0) is 43.7 Å². The van der Waals surface area contributed by atoms with Gasteiger partial charge in [0.05, 0.1) is 0 Å². The van der Waals surface area contributed by atoms with Crippen LogP contribution in [-0.4, -0.2) is 24.0 Å². The van der Waals surface area contributed by atoms with Crippen molar-refractivity contribution < 1.29 is 0 Å². The maximum atomic E-state index is 2.71. The number of rotatable bonds is 3. The lowest BCUT2D eigenvalue weighted by Gasteiger charge is -2.35. The van der Waals surface area contributed by atoms with E-state index < -0.39 is 0 Å². The van der Waals surface area contributed by atoms with Gasteiger partial charge in [-0.15, -0.1) is 0 Å². The summed E-state index contributed by atoms with van der Waals surface area (Å²) in [5.74, 6) is 0.844. The third kappa shape index (κ3) is 3.27. The maximum absolute atomic E-state index is 2.71. The number of likely N-dealkylation sites (tertiary alicyclic amines) is 1. The predicted molar refractivity (Wildman–Crippen MR) is 63.5 cm³/mol. The Hall–Kier alpha value is -0.0400. The summed E-state index contributed by atoms with van der Waals surface area (Å²) in [6.45, 7) is 14.4. The second kappa shape index (κ2) is 4.65. The monoisotopic (exact) mass is 197 g/mol. The molecule has 0 spiro atoms. The first-order valence-electron chi connectivity index (χ1n) is 6.15. The number of nitrogens with zero attached hydrogens (tertiary/aromatic N) is 1. The fourth-order valence-electron chi connectivity index (χ4n) is 2.50. The highest BCUT2D eigenvalue weighted by atomic mass is 15.2. The largest absolute Gasteiger partial charge is 0.300 e. The summed E-state index contributed by atoms with van der Waals surface area (Å²) >= 11 is 0. The fraction of sp³-hybridized carbons (Fsp3) is 1.00. The van der Waals surface area contributed by atoms with Crippen LogP contribution < -0.4 is 0 Å². The van der Waals surface area contributed by atoms with Crippen LogP contribution in [0.3, 0.4) is 0 Å². The first kappa shape index (κ1) is 12.0. The van der Waals surface area contributed by atoms with E-state index in [1.165, 1.54) is 32.4 Å². The average molecular weight is 197 g/mol. The molecule has 1 aliphatic rings. The summed E-state index contributed by atoms with van der Waals surface area (Å²) in [6, 6.07) is 0.821. The van der Waals surface area contributed by atoms with E-state index in [2.05, 4.69) is 39.5 Å². The predicted octanol–water partition coefficient (Wildman–Crippen LogP) is 3.54. The second-order valence-electron chi connectivity index (χ2n) is 6.24. The summed E-state index contributed by atoms with van der Waals surface area (Å²) in [4.78, 5) is 2.71. The first-order valence-corrected chi connectivity index (χ1v) is 6.15. The average Bonchev–Trinajstić information content (AvgIpc) is 2.46. The van der Waals surface area contributed by atoms with Crippen molar-refractivity contribution in [2.45, 2.75) is 59.9 Å². The van der Waals surface area contributed by atoms with Gasteiger partial charge in [0, 0.05) is 6.04 Å². The maximum Gasteiger partial charge on any atom is 0.0144 e. The molecule has 0 N–H and O–H groups in total. The third-order valence-electron chi connectivity index (χ3n) is 3.36. The van der Waals surface area contributed by atoms with E-state index in [9.17, 15) is 0 Å². The van der Waals surface area contributed by atoms with Crippen molar-refractivity contribution >= 4 is 0 Å². The Morgan fingerprint density at radius 3 is 2.43 bits per heavy atom. The zero-order valence-corrected chi connectivity index (χ0v) is 10.6. The molecule has 1 heteroatoms. The van der Waals surface area contributed by atoms with Crippen LogP contribution in [0.2, 0.25) is 0 Å². The van der Waals surface area contributed by atoms with E-state index in [0.717, 1.165) is 12.0 Å². The molecule has 1 aliphatic heterocycles. The van der Waals surface area contributed by atoms with Gasteiger partial charge < -0.3 is 0 Å². The van der Waals surface area contributed by atoms with Gasteiger partial charge in [0.1, 0.15) is 0 Å². The van der Waals surface area contributed by atoms with Crippen LogP contribution in [0.4, 0.5) is 0 Å². The molecule has 0 aromatic heterocycles. The molecular weight excluding hydrogens is 170 g/mol. The normalized spacial score (nSPS) is 24.9. The molecular formula is C13H27N. The van der Waals surface area contributed by atoms with E-state index in [4.69, 9.17) is 0 Å². The molecule has 1 atom stereocenters. The van der Waals surface area contributed by atoms with Gasteiger partial charge >= 0.3 is 0 Å². The molecule has 1 rings (SSSR count). The molecule has 1 saturated heterocycles. The number of hydrogen-bond acceptors (Lipinski definition) is 1. The summed E-state index contributed by atoms with van der Waals surface area (Å²) in [6.07, 6.45) is 4.16. The SMILES string of the molecule is CC(C)CCN1CCC[C@H]1C(C)(C)C.